The average Bonchev–Trinajstić information content (AvgIpc) is 3.07. The van der Waals surface area contributed by atoms with Gasteiger partial charge < -0.3 is 15.8 Å². The Morgan fingerprint density at radius 1 is 1.33 bits per heavy atom. The second-order valence-corrected chi connectivity index (χ2v) is 6.95. The minimum Gasteiger partial charge on any atom is -0.446 e. The molecule has 0 spiro atoms. The minimum atomic E-state index is -0.737. The number of halogens is 1. The summed E-state index contributed by atoms with van der Waals surface area (Å²) in [5, 5.41) is 8.11. The Kier molecular flexibility index (Phi) is 4.81. The van der Waals surface area contributed by atoms with Crippen molar-refractivity contribution < 1.29 is 9.53 Å². The van der Waals surface area contributed by atoms with Crippen molar-refractivity contribution in [3.63, 3.8) is 0 Å². The van der Waals surface area contributed by atoms with E-state index in [4.69, 9.17) is 22.1 Å². The fourth-order valence-electron chi connectivity index (χ4n) is 3.47. The first kappa shape index (κ1) is 17.5. The molecule has 9 heteroatoms. The molecule has 1 saturated carbocycles. The molecular formula is C18H19ClN6O2. The highest BCUT2D eigenvalue weighted by Gasteiger charge is 2.25. The molecule has 27 heavy (non-hydrogen) atoms. The first-order chi connectivity index (χ1) is 13.1. The van der Waals surface area contributed by atoms with Gasteiger partial charge in [0.2, 0.25) is 5.95 Å². The summed E-state index contributed by atoms with van der Waals surface area (Å²) in [6.07, 6.45) is 7.63. The smallest absolute Gasteiger partial charge is 0.404 e. The van der Waals surface area contributed by atoms with Crippen LogP contribution in [0.3, 0.4) is 0 Å². The third-order valence-electron chi connectivity index (χ3n) is 4.67. The van der Waals surface area contributed by atoms with Gasteiger partial charge in [-0.05, 0) is 31.4 Å². The molecule has 0 radical (unpaired) electrons. The van der Waals surface area contributed by atoms with E-state index in [-0.39, 0.29) is 12.1 Å². The van der Waals surface area contributed by atoms with Crippen molar-refractivity contribution >= 4 is 29.2 Å². The number of nitrogens with two attached hydrogens (primary N) is 1. The molecule has 140 valence electrons. The van der Waals surface area contributed by atoms with Crippen LogP contribution in [-0.2, 0) is 4.74 Å². The minimum absolute atomic E-state index is 0.0982. The van der Waals surface area contributed by atoms with Crippen LogP contribution < -0.4 is 11.1 Å². The Bertz CT molecular complexity index is 975. The van der Waals surface area contributed by atoms with Crippen LogP contribution >= 0.6 is 11.6 Å². The highest BCUT2D eigenvalue weighted by molar-refractivity contribution is 6.33. The number of nitrogens with one attached hydrogen (secondary N) is 1. The van der Waals surface area contributed by atoms with Crippen molar-refractivity contribution in [2.24, 2.45) is 5.73 Å². The maximum atomic E-state index is 11.0. The SMILES string of the molecule is NC(=O)OC1CCCC(Nc2ncc(Cl)c(-c3cnn4ccccc34)n2)C1. The third-order valence-corrected chi connectivity index (χ3v) is 4.94. The molecule has 1 aliphatic carbocycles. The van der Waals surface area contributed by atoms with E-state index in [9.17, 15) is 4.79 Å². The molecular weight excluding hydrogens is 368 g/mol. The van der Waals surface area contributed by atoms with Crippen molar-refractivity contribution in [1.29, 1.82) is 0 Å². The molecule has 8 nitrogen and oxygen atoms in total. The summed E-state index contributed by atoms with van der Waals surface area (Å²) < 4.78 is 6.91. The standard InChI is InChI=1S/C18H19ClN6O2/c19-14-10-21-18(23-11-4-3-5-12(8-11)27-17(20)26)24-16(14)13-9-22-25-7-2-1-6-15(13)25/h1-2,6-7,9-12H,3-5,8H2,(H2,20,26)(H,21,23,24). The predicted molar refractivity (Wildman–Crippen MR) is 102 cm³/mol. The van der Waals surface area contributed by atoms with Gasteiger partial charge in [-0.15, -0.1) is 0 Å². The van der Waals surface area contributed by atoms with Gasteiger partial charge in [0.1, 0.15) is 6.10 Å². The number of amides is 1. The number of carbonyl (C=O) groups is 1. The predicted octanol–water partition coefficient (Wildman–Crippen LogP) is 3.26. The number of hydrogen-bond donors (Lipinski definition) is 2. The lowest BCUT2D eigenvalue weighted by Crippen LogP contribution is -2.34. The molecule has 3 aromatic rings. The second kappa shape index (κ2) is 7.40. The number of fused-ring (bicyclic) bond motifs is 1. The number of rotatable bonds is 4. The van der Waals surface area contributed by atoms with Crippen molar-refractivity contribution in [2.75, 3.05) is 5.32 Å². The van der Waals surface area contributed by atoms with E-state index in [1.807, 2.05) is 24.4 Å². The number of ether oxygens (including phenoxy) is 1. The van der Waals surface area contributed by atoms with Gasteiger partial charge in [0.15, 0.2) is 0 Å². The lowest BCUT2D eigenvalue weighted by molar-refractivity contribution is 0.0796. The molecule has 1 aliphatic rings. The molecule has 1 fully saturated rings. The quantitative estimate of drug-likeness (QED) is 0.712. The lowest BCUT2D eigenvalue weighted by atomic mass is 9.93. The highest BCUT2D eigenvalue weighted by Crippen LogP contribution is 2.30. The van der Waals surface area contributed by atoms with E-state index in [0.29, 0.717) is 23.1 Å². The van der Waals surface area contributed by atoms with Gasteiger partial charge in [0.25, 0.3) is 0 Å². The maximum Gasteiger partial charge on any atom is 0.404 e. The molecule has 0 aliphatic heterocycles. The van der Waals surface area contributed by atoms with E-state index in [2.05, 4.69) is 20.4 Å². The van der Waals surface area contributed by atoms with E-state index >= 15 is 0 Å². The van der Waals surface area contributed by atoms with Crippen molar-refractivity contribution in [3.05, 3.63) is 41.8 Å². The number of hydrogen-bond acceptors (Lipinski definition) is 6. The summed E-state index contributed by atoms with van der Waals surface area (Å²) in [5.74, 6) is 0.481. The lowest BCUT2D eigenvalue weighted by Gasteiger charge is -2.29. The summed E-state index contributed by atoms with van der Waals surface area (Å²) in [6.45, 7) is 0. The molecule has 2 atom stereocenters. The molecule has 2 unspecified atom stereocenters. The van der Waals surface area contributed by atoms with Crippen LogP contribution in [0.4, 0.5) is 10.7 Å². The average molecular weight is 387 g/mol. The van der Waals surface area contributed by atoms with Gasteiger partial charge in [-0.25, -0.2) is 19.3 Å². The zero-order valence-corrected chi connectivity index (χ0v) is 15.3. The summed E-state index contributed by atoms with van der Waals surface area (Å²) in [4.78, 5) is 19.9. The fourth-order valence-corrected chi connectivity index (χ4v) is 3.67. The van der Waals surface area contributed by atoms with Gasteiger partial charge in [-0.3, -0.25) is 0 Å². The Morgan fingerprint density at radius 3 is 3.07 bits per heavy atom. The molecule has 0 aromatic carbocycles. The third kappa shape index (κ3) is 3.80. The van der Waals surface area contributed by atoms with Gasteiger partial charge in [-0.2, -0.15) is 5.10 Å². The topological polar surface area (TPSA) is 107 Å². The monoisotopic (exact) mass is 386 g/mol. The largest absolute Gasteiger partial charge is 0.446 e. The maximum absolute atomic E-state index is 11.0. The normalized spacial score (nSPS) is 19.7. The Labute approximate surface area is 160 Å². The summed E-state index contributed by atoms with van der Waals surface area (Å²) in [7, 11) is 0. The first-order valence-corrected chi connectivity index (χ1v) is 9.16. The molecule has 0 bridgehead atoms. The van der Waals surface area contributed by atoms with Crippen LogP contribution in [0.2, 0.25) is 5.02 Å². The number of aromatic nitrogens is 4. The van der Waals surface area contributed by atoms with Crippen LogP contribution in [0.5, 0.6) is 0 Å². The number of anilines is 1. The van der Waals surface area contributed by atoms with E-state index in [0.717, 1.165) is 30.3 Å². The fraction of sp³-hybridized carbons (Fsp3) is 0.333. The number of carbonyl (C=O) groups excluding carboxylic acids is 1. The second-order valence-electron chi connectivity index (χ2n) is 6.55. The van der Waals surface area contributed by atoms with Crippen molar-refractivity contribution in [2.45, 2.75) is 37.8 Å². The van der Waals surface area contributed by atoms with Gasteiger partial charge >= 0.3 is 6.09 Å². The van der Waals surface area contributed by atoms with Crippen LogP contribution in [0.15, 0.2) is 36.8 Å². The van der Waals surface area contributed by atoms with E-state index in [1.54, 1.807) is 16.9 Å². The van der Waals surface area contributed by atoms with E-state index < -0.39 is 6.09 Å². The summed E-state index contributed by atoms with van der Waals surface area (Å²) in [6, 6.07) is 5.91. The van der Waals surface area contributed by atoms with Crippen LogP contribution in [0, 0.1) is 0 Å². The Morgan fingerprint density at radius 2 is 2.22 bits per heavy atom. The first-order valence-electron chi connectivity index (χ1n) is 8.78. The Hall–Kier alpha value is -2.87. The molecule has 0 saturated heterocycles. The summed E-state index contributed by atoms with van der Waals surface area (Å²) >= 11 is 6.35. The molecule has 3 aromatic heterocycles. The van der Waals surface area contributed by atoms with E-state index in [1.165, 1.54) is 0 Å². The van der Waals surface area contributed by atoms with Gasteiger partial charge in [0, 0.05) is 24.2 Å². The van der Waals surface area contributed by atoms with Gasteiger partial charge in [-0.1, -0.05) is 17.7 Å². The zero-order valence-electron chi connectivity index (χ0n) is 14.5. The van der Waals surface area contributed by atoms with Gasteiger partial charge in [0.05, 0.1) is 28.6 Å². The number of pyridine rings is 1. The van der Waals surface area contributed by atoms with Crippen LogP contribution in [0.1, 0.15) is 25.7 Å². The molecule has 1 amide bonds. The van der Waals surface area contributed by atoms with Crippen LogP contribution in [0.25, 0.3) is 16.8 Å². The molecule has 4 rings (SSSR count). The molecule has 3 heterocycles. The van der Waals surface area contributed by atoms with Crippen molar-refractivity contribution in [1.82, 2.24) is 19.6 Å². The zero-order chi connectivity index (χ0) is 18.8. The molecule has 3 N–H and O–H groups in total. The summed E-state index contributed by atoms with van der Waals surface area (Å²) in [5.41, 5.74) is 7.50. The number of primary amides is 1. The Balaban J connectivity index is 1.57. The van der Waals surface area contributed by atoms with Crippen molar-refractivity contribution in [3.8, 4) is 11.3 Å². The van der Waals surface area contributed by atoms with Crippen LogP contribution in [-0.4, -0.2) is 37.8 Å². The highest BCUT2D eigenvalue weighted by atomic mass is 35.5. The number of nitrogens with zero attached hydrogens (tertiary/aromatic N) is 4.